The molecule has 5 heteroatoms. The van der Waals surface area contributed by atoms with Gasteiger partial charge in [-0.05, 0) is 33.2 Å². The zero-order valence-corrected chi connectivity index (χ0v) is 12.3. The number of sulfonamides is 1. The minimum atomic E-state index is -3.37. The maximum Gasteiger partial charge on any atom is 0.243 e. The van der Waals surface area contributed by atoms with Crippen LogP contribution in [0, 0.1) is 0 Å². The molecule has 0 amide bonds. The predicted octanol–water partition coefficient (Wildman–Crippen LogP) is 1.65. The van der Waals surface area contributed by atoms with Crippen molar-refractivity contribution in [2.45, 2.75) is 24.8 Å². The molecule has 0 spiro atoms. The van der Waals surface area contributed by atoms with Gasteiger partial charge in [-0.25, -0.2) is 8.42 Å². The van der Waals surface area contributed by atoms with E-state index < -0.39 is 10.0 Å². The standard InChI is InChI=1S/C13H22N2O2S/c1-5-15(11-12(2)14(3)4)18(16,17)13-9-7-6-8-10-13/h6-10,12H,5,11H2,1-4H3. The number of benzene rings is 1. The molecule has 0 aliphatic heterocycles. The minimum Gasteiger partial charge on any atom is -0.305 e. The fourth-order valence-corrected chi connectivity index (χ4v) is 3.15. The fourth-order valence-electron chi connectivity index (χ4n) is 1.60. The molecule has 1 aromatic rings. The maximum absolute atomic E-state index is 12.4. The van der Waals surface area contributed by atoms with Gasteiger partial charge in [0.15, 0.2) is 0 Å². The molecule has 1 rings (SSSR count). The number of hydrogen-bond acceptors (Lipinski definition) is 3. The van der Waals surface area contributed by atoms with Crippen molar-refractivity contribution in [1.82, 2.24) is 9.21 Å². The van der Waals surface area contributed by atoms with Crippen LogP contribution in [0.4, 0.5) is 0 Å². The van der Waals surface area contributed by atoms with Gasteiger partial charge in [-0.2, -0.15) is 4.31 Å². The summed E-state index contributed by atoms with van der Waals surface area (Å²) in [6, 6.07) is 8.77. The summed E-state index contributed by atoms with van der Waals surface area (Å²) >= 11 is 0. The highest BCUT2D eigenvalue weighted by molar-refractivity contribution is 7.89. The largest absolute Gasteiger partial charge is 0.305 e. The zero-order valence-electron chi connectivity index (χ0n) is 11.5. The van der Waals surface area contributed by atoms with Crippen LogP contribution < -0.4 is 0 Å². The summed E-state index contributed by atoms with van der Waals surface area (Å²) in [7, 11) is 0.531. The Kier molecular flexibility index (Phi) is 5.31. The van der Waals surface area contributed by atoms with E-state index in [1.165, 1.54) is 4.31 Å². The Morgan fingerprint density at radius 3 is 2.17 bits per heavy atom. The molecule has 0 fully saturated rings. The summed E-state index contributed by atoms with van der Waals surface area (Å²) in [5.41, 5.74) is 0. The van der Waals surface area contributed by atoms with Gasteiger partial charge in [0.1, 0.15) is 0 Å². The second-order valence-corrected chi connectivity index (χ2v) is 6.52. The summed E-state index contributed by atoms with van der Waals surface area (Å²) in [4.78, 5) is 2.38. The Labute approximate surface area is 110 Å². The number of rotatable bonds is 6. The Balaban J connectivity index is 2.95. The summed E-state index contributed by atoms with van der Waals surface area (Å²) in [5.74, 6) is 0. The van der Waals surface area contributed by atoms with Gasteiger partial charge < -0.3 is 4.90 Å². The Morgan fingerprint density at radius 1 is 1.17 bits per heavy atom. The van der Waals surface area contributed by atoms with E-state index in [1.807, 2.05) is 38.9 Å². The summed E-state index contributed by atoms with van der Waals surface area (Å²) in [5, 5.41) is 0. The van der Waals surface area contributed by atoms with Crippen molar-refractivity contribution >= 4 is 10.0 Å². The first-order valence-electron chi connectivity index (χ1n) is 6.11. The SMILES string of the molecule is CCN(CC(C)N(C)C)S(=O)(=O)c1ccccc1. The van der Waals surface area contributed by atoms with E-state index in [9.17, 15) is 8.42 Å². The highest BCUT2D eigenvalue weighted by Gasteiger charge is 2.24. The summed E-state index contributed by atoms with van der Waals surface area (Å²) < 4.78 is 26.4. The average molecular weight is 270 g/mol. The molecule has 0 aliphatic rings. The fraction of sp³-hybridized carbons (Fsp3) is 0.538. The van der Waals surface area contributed by atoms with Crippen molar-refractivity contribution < 1.29 is 8.42 Å². The molecule has 0 aromatic heterocycles. The predicted molar refractivity (Wildman–Crippen MR) is 74.0 cm³/mol. The van der Waals surface area contributed by atoms with Crippen LogP contribution in [0.3, 0.4) is 0 Å². The van der Waals surface area contributed by atoms with Crippen LogP contribution in [-0.4, -0.2) is 50.8 Å². The quantitative estimate of drug-likeness (QED) is 0.789. The van der Waals surface area contributed by atoms with Gasteiger partial charge >= 0.3 is 0 Å². The van der Waals surface area contributed by atoms with E-state index in [0.29, 0.717) is 18.0 Å². The van der Waals surface area contributed by atoms with E-state index in [1.54, 1.807) is 24.3 Å². The topological polar surface area (TPSA) is 40.6 Å². The molecule has 0 N–H and O–H groups in total. The van der Waals surface area contributed by atoms with Crippen molar-refractivity contribution in [3.05, 3.63) is 30.3 Å². The van der Waals surface area contributed by atoms with Crippen molar-refractivity contribution in [3.8, 4) is 0 Å². The third-order valence-electron chi connectivity index (χ3n) is 3.08. The molecule has 18 heavy (non-hydrogen) atoms. The molecule has 0 saturated carbocycles. The molecule has 102 valence electrons. The monoisotopic (exact) mass is 270 g/mol. The van der Waals surface area contributed by atoms with Gasteiger partial charge in [-0.1, -0.05) is 25.1 Å². The highest BCUT2D eigenvalue weighted by Crippen LogP contribution is 2.15. The Bertz CT molecular complexity index is 457. The molecule has 1 atom stereocenters. The molecule has 0 saturated heterocycles. The van der Waals surface area contributed by atoms with Gasteiger partial charge in [0.2, 0.25) is 10.0 Å². The molecule has 0 heterocycles. The van der Waals surface area contributed by atoms with Crippen molar-refractivity contribution in [2.75, 3.05) is 27.2 Å². The molecule has 0 bridgehead atoms. The first kappa shape index (κ1) is 15.1. The van der Waals surface area contributed by atoms with Crippen molar-refractivity contribution in [1.29, 1.82) is 0 Å². The lowest BCUT2D eigenvalue weighted by molar-refractivity contribution is 0.261. The van der Waals surface area contributed by atoms with E-state index in [4.69, 9.17) is 0 Å². The maximum atomic E-state index is 12.4. The van der Waals surface area contributed by atoms with E-state index in [-0.39, 0.29) is 6.04 Å². The minimum absolute atomic E-state index is 0.184. The van der Waals surface area contributed by atoms with Crippen LogP contribution in [-0.2, 0) is 10.0 Å². The van der Waals surface area contributed by atoms with Crippen LogP contribution in [0.5, 0.6) is 0 Å². The van der Waals surface area contributed by atoms with E-state index in [0.717, 1.165) is 0 Å². The lowest BCUT2D eigenvalue weighted by Gasteiger charge is -2.27. The van der Waals surface area contributed by atoms with Crippen LogP contribution in [0.2, 0.25) is 0 Å². The van der Waals surface area contributed by atoms with Gasteiger partial charge in [-0.15, -0.1) is 0 Å². The smallest absolute Gasteiger partial charge is 0.243 e. The number of nitrogens with zero attached hydrogens (tertiary/aromatic N) is 2. The van der Waals surface area contributed by atoms with Crippen molar-refractivity contribution in [2.24, 2.45) is 0 Å². The molecule has 1 unspecified atom stereocenters. The van der Waals surface area contributed by atoms with Crippen LogP contribution in [0.15, 0.2) is 35.2 Å². The van der Waals surface area contributed by atoms with Gasteiger partial charge in [0.25, 0.3) is 0 Å². The molecule has 0 radical (unpaired) electrons. The summed E-state index contributed by atoms with van der Waals surface area (Å²) in [6.45, 7) is 4.86. The average Bonchev–Trinajstić information content (AvgIpc) is 2.36. The molecule has 1 aromatic carbocycles. The zero-order chi connectivity index (χ0) is 13.8. The van der Waals surface area contributed by atoms with Crippen LogP contribution in [0.25, 0.3) is 0 Å². The first-order valence-corrected chi connectivity index (χ1v) is 7.55. The molecular weight excluding hydrogens is 248 g/mol. The molecule has 0 aliphatic carbocycles. The van der Waals surface area contributed by atoms with Gasteiger partial charge in [-0.3, -0.25) is 0 Å². The van der Waals surface area contributed by atoms with Gasteiger partial charge in [0, 0.05) is 19.1 Å². The lowest BCUT2D eigenvalue weighted by atomic mass is 10.3. The normalized spacial score (nSPS) is 14.1. The van der Waals surface area contributed by atoms with Gasteiger partial charge in [0.05, 0.1) is 4.90 Å². The van der Waals surface area contributed by atoms with E-state index >= 15 is 0 Å². The Morgan fingerprint density at radius 2 is 1.72 bits per heavy atom. The summed E-state index contributed by atoms with van der Waals surface area (Å²) in [6.07, 6.45) is 0. The number of likely N-dealkylation sites (N-methyl/N-ethyl adjacent to an activating group) is 2. The van der Waals surface area contributed by atoms with Crippen LogP contribution in [0.1, 0.15) is 13.8 Å². The first-order chi connectivity index (χ1) is 8.39. The molecular formula is C13H22N2O2S. The number of hydrogen-bond donors (Lipinski definition) is 0. The third kappa shape index (κ3) is 3.54. The van der Waals surface area contributed by atoms with E-state index in [2.05, 4.69) is 0 Å². The third-order valence-corrected chi connectivity index (χ3v) is 5.04. The van der Waals surface area contributed by atoms with Crippen LogP contribution >= 0.6 is 0 Å². The second kappa shape index (κ2) is 6.31. The lowest BCUT2D eigenvalue weighted by Crippen LogP contribution is -2.41. The highest BCUT2D eigenvalue weighted by atomic mass is 32.2. The second-order valence-electron chi connectivity index (χ2n) is 4.58. The van der Waals surface area contributed by atoms with Crippen molar-refractivity contribution in [3.63, 3.8) is 0 Å². The molecule has 4 nitrogen and oxygen atoms in total. The Hall–Kier alpha value is -0.910.